The second-order valence-corrected chi connectivity index (χ2v) is 4.85. The normalized spacial score (nSPS) is 17.9. The van der Waals surface area contributed by atoms with E-state index in [2.05, 4.69) is 0 Å². The summed E-state index contributed by atoms with van der Waals surface area (Å²) >= 11 is 0. The SMILES string of the molecule is COc1cccc2c1CCC(c1ccccc1)C2=O. The number of Topliss-reactive ketones (excluding diaryl/α,β-unsaturated/α-hetero) is 1. The number of ether oxygens (including phenoxy) is 1. The van der Waals surface area contributed by atoms with E-state index in [4.69, 9.17) is 4.74 Å². The monoisotopic (exact) mass is 252 g/mol. The Morgan fingerprint density at radius 3 is 2.58 bits per heavy atom. The van der Waals surface area contributed by atoms with Crippen LogP contribution in [0.1, 0.15) is 33.8 Å². The molecule has 19 heavy (non-hydrogen) atoms. The number of hydrogen-bond acceptors (Lipinski definition) is 2. The minimum atomic E-state index is -0.0131. The van der Waals surface area contributed by atoms with E-state index in [0.29, 0.717) is 0 Å². The Morgan fingerprint density at radius 1 is 1.05 bits per heavy atom. The summed E-state index contributed by atoms with van der Waals surface area (Å²) in [4.78, 5) is 12.6. The summed E-state index contributed by atoms with van der Waals surface area (Å²) in [6.45, 7) is 0. The van der Waals surface area contributed by atoms with Gasteiger partial charge >= 0.3 is 0 Å². The highest BCUT2D eigenvalue weighted by Crippen LogP contribution is 2.36. The Balaban J connectivity index is 2.01. The van der Waals surface area contributed by atoms with Crippen LogP contribution >= 0.6 is 0 Å². The zero-order valence-electron chi connectivity index (χ0n) is 10.9. The van der Waals surface area contributed by atoms with Crippen LogP contribution in [0.25, 0.3) is 0 Å². The lowest BCUT2D eigenvalue weighted by atomic mass is 9.79. The lowest BCUT2D eigenvalue weighted by Gasteiger charge is -2.25. The second kappa shape index (κ2) is 4.88. The maximum Gasteiger partial charge on any atom is 0.170 e. The first-order valence-electron chi connectivity index (χ1n) is 6.56. The van der Waals surface area contributed by atoms with Gasteiger partial charge in [-0.3, -0.25) is 4.79 Å². The quantitative estimate of drug-likeness (QED) is 0.816. The van der Waals surface area contributed by atoms with Crippen molar-refractivity contribution in [1.29, 1.82) is 0 Å². The van der Waals surface area contributed by atoms with Crippen molar-refractivity contribution in [2.45, 2.75) is 18.8 Å². The van der Waals surface area contributed by atoms with Crippen LogP contribution in [0.15, 0.2) is 48.5 Å². The van der Waals surface area contributed by atoms with Crippen LogP contribution in [0.2, 0.25) is 0 Å². The summed E-state index contributed by atoms with van der Waals surface area (Å²) in [5.74, 6) is 1.03. The Kier molecular flexibility index (Phi) is 3.08. The van der Waals surface area contributed by atoms with E-state index in [1.807, 2.05) is 48.5 Å². The molecule has 1 aliphatic carbocycles. The highest BCUT2D eigenvalue weighted by molar-refractivity contribution is 6.03. The predicted molar refractivity (Wildman–Crippen MR) is 74.8 cm³/mol. The van der Waals surface area contributed by atoms with E-state index in [1.165, 1.54) is 0 Å². The lowest BCUT2D eigenvalue weighted by molar-refractivity contribution is 0.0945. The fraction of sp³-hybridized carbons (Fsp3) is 0.235. The highest BCUT2D eigenvalue weighted by Gasteiger charge is 2.29. The smallest absolute Gasteiger partial charge is 0.170 e. The van der Waals surface area contributed by atoms with Crippen LogP contribution in [0.3, 0.4) is 0 Å². The van der Waals surface area contributed by atoms with Gasteiger partial charge in [0.05, 0.1) is 7.11 Å². The summed E-state index contributed by atoms with van der Waals surface area (Å²) in [6, 6.07) is 15.8. The average Bonchev–Trinajstić information content (AvgIpc) is 2.48. The molecule has 0 heterocycles. The van der Waals surface area contributed by atoms with Gasteiger partial charge in [-0.25, -0.2) is 0 Å². The van der Waals surface area contributed by atoms with Crippen LogP contribution in [-0.4, -0.2) is 12.9 Å². The molecule has 1 aliphatic rings. The molecule has 0 amide bonds. The molecule has 0 bridgehead atoms. The van der Waals surface area contributed by atoms with Crippen molar-refractivity contribution in [3.63, 3.8) is 0 Å². The Labute approximate surface area is 113 Å². The van der Waals surface area contributed by atoms with Gasteiger partial charge in [-0.2, -0.15) is 0 Å². The van der Waals surface area contributed by atoms with Gasteiger partial charge in [0, 0.05) is 17.0 Å². The summed E-state index contributed by atoms with van der Waals surface area (Å²) in [5.41, 5.74) is 2.99. The molecule has 2 heteroatoms. The van der Waals surface area contributed by atoms with E-state index in [0.717, 1.165) is 35.3 Å². The first-order valence-corrected chi connectivity index (χ1v) is 6.56. The number of benzene rings is 2. The van der Waals surface area contributed by atoms with E-state index in [-0.39, 0.29) is 11.7 Å². The summed E-state index contributed by atoms with van der Waals surface area (Å²) in [7, 11) is 1.66. The van der Waals surface area contributed by atoms with Crippen molar-refractivity contribution in [2.75, 3.05) is 7.11 Å². The maximum absolute atomic E-state index is 12.6. The van der Waals surface area contributed by atoms with Gasteiger partial charge in [0.2, 0.25) is 0 Å². The van der Waals surface area contributed by atoms with Crippen molar-refractivity contribution in [1.82, 2.24) is 0 Å². The minimum absolute atomic E-state index is 0.0131. The second-order valence-electron chi connectivity index (χ2n) is 4.85. The molecular formula is C17H16O2. The molecule has 0 saturated carbocycles. The number of fused-ring (bicyclic) bond motifs is 1. The summed E-state index contributed by atoms with van der Waals surface area (Å²) < 4.78 is 5.35. The summed E-state index contributed by atoms with van der Waals surface area (Å²) in [6.07, 6.45) is 1.75. The van der Waals surface area contributed by atoms with Crippen LogP contribution in [0.4, 0.5) is 0 Å². The fourth-order valence-corrected chi connectivity index (χ4v) is 2.86. The first kappa shape index (κ1) is 12.0. The fourth-order valence-electron chi connectivity index (χ4n) is 2.86. The van der Waals surface area contributed by atoms with E-state index in [1.54, 1.807) is 7.11 Å². The summed E-state index contributed by atoms with van der Waals surface area (Å²) in [5, 5.41) is 0. The lowest BCUT2D eigenvalue weighted by Crippen LogP contribution is -2.21. The zero-order chi connectivity index (χ0) is 13.2. The molecule has 0 aliphatic heterocycles. The predicted octanol–water partition coefficient (Wildman–Crippen LogP) is 3.61. The Hall–Kier alpha value is -2.09. The number of ketones is 1. The number of carbonyl (C=O) groups excluding carboxylic acids is 1. The van der Waals surface area contributed by atoms with Gasteiger partial charge in [-0.1, -0.05) is 42.5 Å². The number of methoxy groups -OCH3 is 1. The number of rotatable bonds is 2. The molecule has 0 spiro atoms. The third-order valence-electron chi connectivity index (χ3n) is 3.82. The van der Waals surface area contributed by atoms with Crippen LogP contribution in [-0.2, 0) is 6.42 Å². The van der Waals surface area contributed by atoms with Crippen molar-refractivity contribution in [3.8, 4) is 5.75 Å². The third-order valence-corrected chi connectivity index (χ3v) is 3.82. The molecule has 3 rings (SSSR count). The van der Waals surface area contributed by atoms with Gasteiger partial charge in [0.25, 0.3) is 0 Å². The molecule has 0 radical (unpaired) electrons. The van der Waals surface area contributed by atoms with Crippen LogP contribution in [0.5, 0.6) is 5.75 Å². The van der Waals surface area contributed by atoms with Crippen molar-refractivity contribution >= 4 is 5.78 Å². The zero-order valence-corrected chi connectivity index (χ0v) is 10.9. The molecule has 2 aromatic carbocycles. The molecule has 2 nitrogen and oxygen atoms in total. The van der Waals surface area contributed by atoms with E-state index in [9.17, 15) is 4.79 Å². The van der Waals surface area contributed by atoms with Gasteiger partial charge in [0.1, 0.15) is 5.75 Å². The Morgan fingerprint density at radius 2 is 1.84 bits per heavy atom. The molecule has 0 saturated heterocycles. The minimum Gasteiger partial charge on any atom is -0.496 e. The van der Waals surface area contributed by atoms with Gasteiger partial charge in [-0.05, 0) is 24.5 Å². The van der Waals surface area contributed by atoms with Crippen molar-refractivity contribution < 1.29 is 9.53 Å². The molecule has 96 valence electrons. The van der Waals surface area contributed by atoms with Gasteiger partial charge < -0.3 is 4.74 Å². The van der Waals surface area contributed by atoms with Crippen molar-refractivity contribution in [3.05, 3.63) is 65.2 Å². The van der Waals surface area contributed by atoms with Crippen LogP contribution in [0, 0.1) is 0 Å². The molecule has 0 aromatic heterocycles. The molecule has 0 fully saturated rings. The third kappa shape index (κ3) is 2.03. The topological polar surface area (TPSA) is 26.3 Å². The first-order chi connectivity index (χ1) is 9.31. The molecule has 0 N–H and O–H groups in total. The maximum atomic E-state index is 12.6. The van der Waals surface area contributed by atoms with Crippen LogP contribution < -0.4 is 4.74 Å². The number of hydrogen-bond donors (Lipinski definition) is 0. The highest BCUT2D eigenvalue weighted by atomic mass is 16.5. The molecule has 2 aromatic rings. The van der Waals surface area contributed by atoms with Gasteiger partial charge in [0.15, 0.2) is 5.78 Å². The molecular weight excluding hydrogens is 236 g/mol. The molecule has 1 unspecified atom stereocenters. The van der Waals surface area contributed by atoms with Crippen molar-refractivity contribution in [2.24, 2.45) is 0 Å². The Bertz CT molecular complexity index is 602. The standard InChI is InChI=1S/C17H16O2/c1-19-16-9-5-8-15-14(16)11-10-13(17(15)18)12-6-3-2-4-7-12/h2-9,13H,10-11H2,1H3. The average molecular weight is 252 g/mol. The van der Waals surface area contributed by atoms with E-state index >= 15 is 0 Å². The van der Waals surface area contributed by atoms with E-state index < -0.39 is 0 Å². The largest absolute Gasteiger partial charge is 0.496 e. The molecule has 1 atom stereocenters. The number of carbonyl (C=O) groups is 1. The van der Waals surface area contributed by atoms with Gasteiger partial charge in [-0.15, -0.1) is 0 Å².